The van der Waals surface area contributed by atoms with Gasteiger partial charge in [0, 0.05) is 11.6 Å². The molecular formula is C16H23BrFN. The molecule has 1 unspecified atom stereocenters. The van der Waals surface area contributed by atoms with Crippen molar-refractivity contribution in [3.8, 4) is 0 Å². The lowest BCUT2D eigenvalue weighted by Crippen LogP contribution is -2.22. The highest BCUT2D eigenvalue weighted by atomic mass is 79.9. The molecule has 1 aliphatic rings. The van der Waals surface area contributed by atoms with Crippen molar-refractivity contribution in [2.24, 2.45) is 5.92 Å². The minimum atomic E-state index is -0.111. The zero-order valence-corrected chi connectivity index (χ0v) is 13.2. The topological polar surface area (TPSA) is 12.0 Å². The van der Waals surface area contributed by atoms with E-state index in [4.69, 9.17) is 0 Å². The first-order valence-electron chi connectivity index (χ1n) is 7.39. The van der Waals surface area contributed by atoms with Crippen LogP contribution >= 0.6 is 15.9 Å². The average molecular weight is 328 g/mol. The van der Waals surface area contributed by atoms with E-state index < -0.39 is 0 Å². The van der Waals surface area contributed by atoms with Crippen LogP contribution in [0.5, 0.6) is 0 Å². The van der Waals surface area contributed by atoms with Gasteiger partial charge in [-0.15, -0.1) is 0 Å². The lowest BCUT2D eigenvalue weighted by atomic mass is 9.94. The molecule has 0 amide bonds. The summed E-state index contributed by atoms with van der Waals surface area (Å²) in [7, 11) is 0. The Labute approximate surface area is 124 Å². The van der Waals surface area contributed by atoms with E-state index in [1.54, 1.807) is 6.07 Å². The quantitative estimate of drug-likeness (QED) is 0.756. The molecule has 0 radical (unpaired) electrons. The van der Waals surface area contributed by atoms with Gasteiger partial charge in [-0.2, -0.15) is 0 Å². The predicted molar refractivity (Wildman–Crippen MR) is 81.7 cm³/mol. The number of hydrogen-bond donors (Lipinski definition) is 1. The monoisotopic (exact) mass is 327 g/mol. The molecule has 1 nitrogen and oxygen atoms in total. The minimum absolute atomic E-state index is 0.111. The second-order valence-electron chi connectivity index (χ2n) is 5.48. The zero-order valence-electron chi connectivity index (χ0n) is 11.6. The third kappa shape index (κ3) is 4.03. The summed E-state index contributed by atoms with van der Waals surface area (Å²) < 4.78 is 14.8. The molecule has 1 atom stereocenters. The number of benzene rings is 1. The van der Waals surface area contributed by atoms with Gasteiger partial charge in [-0.25, -0.2) is 4.39 Å². The van der Waals surface area contributed by atoms with Crippen molar-refractivity contribution in [1.29, 1.82) is 0 Å². The van der Waals surface area contributed by atoms with E-state index in [-0.39, 0.29) is 11.9 Å². The van der Waals surface area contributed by atoms with Crippen molar-refractivity contribution in [3.63, 3.8) is 0 Å². The van der Waals surface area contributed by atoms with Crippen molar-refractivity contribution in [2.75, 3.05) is 6.54 Å². The van der Waals surface area contributed by atoms with E-state index in [1.807, 2.05) is 12.1 Å². The smallest absolute Gasteiger partial charge is 0.142 e. The summed E-state index contributed by atoms with van der Waals surface area (Å²) in [5.74, 6) is 0.747. The molecule has 0 saturated heterocycles. The molecule has 1 saturated carbocycles. The Morgan fingerprint density at radius 2 is 2.11 bits per heavy atom. The molecule has 1 aliphatic carbocycles. The number of hydrogen-bond acceptors (Lipinski definition) is 1. The Bertz CT molecular complexity index is 402. The lowest BCUT2D eigenvalue weighted by molar-refractivity contribution is 0.407. The summed E-state index contributed by atoms with van der Waals surface area (Å²) >= 11 is 3.28. The molecule has 0 spiro atoms. The first-order valence-corrected chi connectivity index (χ1v) is 8.19. The van der Waals surface area contributed by atoms with E-state index in [0.717, 1.165) is 24.4 Å². The van der Waals surface area contributed by atoms with E-state index in [2.05, 4.69) is 28.2 Å². The molecule has 1 fully saturated rings. The maximum atomic E-state index is 14.2. The van der Waals surface area contributed by atoms with Crippen LogP contribution in [-0.2, 0) is 0 Å². The standard InChI is InChI=1S/C16H23BrFN/c1-2-19-15(11-10-12-6-3-4-7-12)13-8-5-9-14(17)16(13)18/h5,8-9,12,15,19H,2-4,6-7,10-11H2,1H3. The van der Waals surface area contributed by atoms with Gasteiger partial charge in [-0.1, -0.05) is 44.7 Å². The van der Waals surface area contributed by atoms with Gasteiger partial charge in [-0.05, 0) is 47.3 Å². The third-order valence-corrected chi connectivity index (χ3v) is 4.76. The predicted octanol–water partition coefficient (Wildman–Crippen LogP) is 5.21. The lowest BCUT2D eigenvalue weighted by Gasteiger charge is -2.21. The Hall–Kier alpha value is -0.410. The minimum Gasteiger partial charge on any atom is -0.310 e. The van der Waals surface area contributed by atoms with Gasteiger partial charge in [0.25, 0.3) is 0 Å². The zero-order chi connectivity index (χ0) is 13.7. The van der Waals surface area contributed by atoms with Crippen molar-refractivity contribution >= 4 is 15.9 Å². The summed E-state index contributed by atoms with van der Waals surface area (Å²) in [6.45, 7) is 2.96. The van der Waals surface area contributed by atoms with E-state index in [1.165, 1.54) is 32.1 Å². The third-order valence-electron chi connectivity index (χ3n) is 4.15. The normalized spacial score (nSPS) is 17.8. The van der Waals surface area contributed by atoms with Crippen LogP contribution in [0.3, 0.4) is 0 Å². The molecule has 106 valence electrons. The van der Waals surface area contributed by atoms with Gasteiger partial charge in [0.1, 0.15) is 5.82 Å². The molecule has 0 aliphatic heterocycles. The van der Waals surface area contributed by atoms with E-state index >= 15 is 0 Å². The maximum absolute atomic E-state index is 14.2. The van der Waals surface area contributed by atoms with Gasteiger partial charge < -0.3 is 5.32 Å². The second-order valence-corrected chi connectivity index (χ2v) is 6.34. The maximum Gasteiger partial charge on any atom is 0.142 e. The SMILES string of the molecule is CCNC(CCC1CCCC1)c1cccc(Br)c1F. The van der Waals surface area contributed by atoms with Gasteiger partial charge in [0.2, 0.25) is 0 Å². The summed E-state index contributed by atoms with van der Waals surface area (Å²) in [6.07, 6.45) is 7.72. The summed E-state index contributed by atoms with van der Waals surface area (Å²) in [4.78, 5) is 0. The molecule has 3 heteroatoms. The van der Waals surface area contributed by atoms with Gasteiger partial charge in [0.15, 0.2) is 0 Å². The number of nitrogens with one attached hydrogen (secondary N) is 1. The number of halogens is 2. The molecule has 2 rings (SSSR count). The molecule has 0 heterocycles. The fourth-order valence-electron chi connectivity index (χ4n) is 3.10. The summed E-state index contributed by atoms with van der Waals surface area (Å²) in [6, 6.07) is 5.73. The van der Waals surface area contributed by atoms with Crippen molar-refractivity contribution in [3.05, 3.63) is 34.1 Å². The van der Waals surface area contributed by atoms with Crippen LogP contribution in [-0.4, -0.2) is 6.54 Å². The first kappa shape index (κ1) is 15.0. The fraction of sp³-hybridized carbons (Fsp3) is 0.625. The Balaban J connectivity index is 2.03. The van der Waals surface area contributed by atoms with Crippen LogP contribution in [0.4, 0.5) is 4.39 Å². The van der Waals surface area contributed by atoms with Crippen LogP contribution in [0.25, 0.3) is 0 Å². The van der Waals surface area contributed by atoms with Gasteiger partial charge >= 0.3 is 0 Å². The van der Waals surface area contributed by atoms with Crippen LogP contribution in [0.15, 0.2) is 22.7 Å². The van der Waals surface area contributed by atoms with Crippen molar-refractivity contribution in [2.45, 2.75) is 51.5 Å². The average Bonchev–Trinajstić information content (AvgIpc) is 2.91. The van der Waals surface area contributed by atoms with Crippen LogP contribution < -0.4 is 5.32 Å². The van der Waals surface area contributed by atoms with Gasteiger partial charge in [-0.3, -0.25) is 0 Å². The Kier molecular flexibility index (Phi) is 5.83. The summed E-state index contributed by atoms with van der Waals surface area (Å²) in [5, 5.41) is 3.43. The van der Waals surface area contributed by atoms with Crippen LogP contribution in [0, 0.1) is 11.7 Å². The molecular weight excluding hydrogens is 305 g/mol. The van der Waals surface area contributed by atoms with Crippen LogP contribution in [0.2, 0.25) is 0 Å². The van der Waals surface area contributed by atoms with Gasteiger partial charge in [0.05, 0.1) is 4.47 Å². The fourth-order valence-corrected chi connectivity index (χ4v) is 3.49. The Morgan fingerprint density at radius 1 is 1.37 bits per heavy atom. The number of rotatable bonds is 6. The first-order chi connectivity index (χ1) is 9.22. The molecule has 19 heavy (non-hydrogen) atoms. The highest BCUT2D eigenvalue weighted by molar-refractivity contribution is 9.10. The highest BCUT2D eigenvalue weighted by Gasteiger charge is 2.20. The van der Waals surface area contributed by atoms with Crippen LogP contribution in [0.1, 0.15) is 57.1 Å². The molecule has 1 aromatic carbocycles. The Morgan fingerprint density at radius 3 is 2.79 bits per heavy atom. The second kappa shape index (κ2) is 7.39. The molecule has 1 N–H and O–H groups in total. The van der Waals surface area contributed by atoms with E-state index in [0.29, 0.717) is 4.47 Å². The molecule has 1 aromatic rings. The summed E-state index contributed by atoms with van der Waals surface area (Å²) in [5.41, 5.74) is 0.800. The molecule has 0 aromatic heterocycles. The van der Waals surface area contributed by atoms with Crippen molar-refractivity contribution in [1.82, 2.24) is 5.32 Å². The van der Waals surface area contributed by atoms with Crippen molar-refractivity contribution < 1.29 is 4.39 Å². The van der Waals surface area contributed by atoms with E-state index in [9.17, 15) is 4.39 Å². The largest absolute Gasteiger partial charge is 0.310 e. The highest BCUT2D eigenvalue weighted by Crippen LogP contribution is 2.33. The molecule has 0 bridgehead atoms.